The van der Waals surface area contributed by atoms with Crippen molar-refractivity contribution in [1.82, 2.24) is 20.5 Å². The first-order valence-corrected chi connectivity index (χ1v) is 9.33. The van der Waals surface area contributed by atoms with Gasteiger partial charge in [-0.15, -0.1) is 10.2 Å². The molecule has 0 aliphatic rings. The molecule has 0 spiro atoms. The van der Waals surface area contributed by atoms with E-state index in [1.807, 2.05) is 0 Å². The predicted octanol–water partition coefficient (Wildman–Crippen LogP) is 3.16. The van der Waals surface area contributed by atoms with E-state index < -0.39 is 17.3 Å². The second-order valence-corrected chi connectivity index (χ2v) is 6.83. The number of aromatic amines is 1. The highest BCUT2D eigenvalue weighted by Gasteiger charge is 2.30. The quantitative estimate of drug-likeness (QED) is 0.560. The molecule has 31 heavy (non-hydrogen) atoms. The minimum absolute atomic E-state index is 0.00801. The molecule has 162 valence electrons. The topological polar surface area (TPSA) is 87.7 Å². The number of halogens is 4. The van der Waals surface area contributed by atoms with Crippen molar-refractivity contribution in [3.05, 3.63) is 92.9 Å². The number of carbonyl (C=O) groups is 1. The van der Waals surface area contributed by atoms with E-state index in [0.717, 1.165) is 17.7 Å². The van der Waals surface area contributed by atoms with E-state index >= 15 is 0 Å². The molecule has 3 aromatic rings. The van der Waals surface area contributed by atoms with Crippen molar-refractivity contribution < 1.29 is 22.4 Å². The number of aryl methyl sites for hydroxylation is 1. The number of hydrogen-bond acceptors (Lipinski definition) is 4. The van der Waals surface area contributed by atoms with Crippen molar-refractivity contribution in [1.29, 1.82) is 0 Å². The lowest BCUT2D eigenvalue weighted by molar-refractivity contribution is -0.137. The lowest BCUT2D eigenvalue weighted by Crippen LogP contribution is -2.25. The number of H-pyrrole nitrogens is 1. The number of rotatable bonds is 7. The fourth-order valence-electron chi connectivity index (χ4n) is 2.81. The number of carbonyl (C=O) groups excluding carboxylic acids is 1. The molecule has 0 aliphatic carbocycles. The highest BCUT2D eigenvalue weighted by atomic mass is 19.4. The van der Waals surface area contributed by atoms with E-state index in [-0.39, 0.29) is 49.0 Å². The van der Waals surface area contributed by atoms with Crippen molar-refractivity contribution in [3.8, 4) is 0 Å². The van der Waals surface area contributed by atoms with Crippen LogP contribution in [0.15, 0.2) is 53.3 Å². The highest BCUT2D eigenvalue weighted by molar-refractivity contribution is 5.76. The first kappa shape index (κ1) is 22.1. The molecule has 0 aliphatic heterocycles. The van der Waals surface area contributed by atoms with Crippen LogP contribution in [0.1, 0.15) is 34.6 Å². The summed E-state index contributed by atoms with van der Waals surface area (Å²) >= 11 is 0. The number of alkyl halides is 3. The maximum Gasteiger partial charge on any atom is 0.416 e. The second kappa shape index (κ2) is 9.50. The molecule has 2 aromatic carbocycles. The zero-order valence-electron chi connectivity index (χ0n) is 16.2. The predicted molar refractivity (Wildman–Crippen MR) is 103 cm³/mol. The maximum absolute atomic E-state index is 12.9. The summed E-state index contributed by atoms with van der Waals surface area (Å²) < 4.78 is 51.3. The van der Waals surface area contributed by atoms with Crippen LogP contribution in [0.5, 0.6) is 0 Å². The molecule has 1 aromatic heterocycles. The third-order valence-electron chi connectivity index (χ3n) is 4.43. The molecule has 0 saturated carbocycles. The van der Waals surface area contributed by atoms with Gasteiger partial charge in [0.25, 0.3) is 5.56 Å². The lowest BCUT2D eigenvalue weighted by atomic mass is 10.1. The summed E-state index contributed by atoms with van der Waals surface area (Å²) in [4.78, 5) is 26.6. The second-order valence-electron chi connectivity index (χ2n) is 6.83. The van der Waals surface area contributed by atoms with Gasteiger partial charge in [-0.25, -0.2) is 4.39 Å². The molecular formula is C21H18F4N4O2. The fraction of sp³-hybridized carbons (Fsp3) is 0.238. The van der Waals surface area contributed by atoms with E-state index in [1.165, 1.54) is 24.3 Å². The maximum atomic E-state index is 12.9. The van der Waals surface area contributed by atoms with Gasteiger partial charge in [-0.2, -0.15) is 13.2 Å². The van der Waals surface area contributed by atoms with Gasteiger partial charge in [-0.05, 0) is 29.3 Å². The Balaban J connectivity index is 1.55. The third-order valence-corrected chi connectivity index (χ3v) is 4.43. The first-order valence-electron chi connectivity index (χ1n) is 9.33. The Bertz CT molecular complexity index is 1110. The summed E-state index contributed by atoms with van der Waals surface area (Å²) in [5.74, 6) is -0.572. The zero-order valence-corrected chi connectivity index (χ0v) is 16.2. The van der Waals surface area contributed by atoms with Crippen molar-refractivity contribution in [2.45, 2.75) is 32.0 Å². The molecule has 10 heteroatoms. The van der Waals surface area contributed by atoms with Crippen molar-refractivity contribution in [2.24, 2.45) is 0 Å². The van der Waals surface area contributed by atoms with Crippen molar-refractivity contribution in [3.63, 3.8) is 0 Å². The number of hydrogen-bond donors (Lipinski definition) is 2. The number of nitrogens with one attached hydrogen (secondary N) is 2. The van der Waals surface area contributed by atoms with Crippen LogP contribution in [0, 0.1) is 5.82 Å². The number of amides is 1. The monoisotopic (exact) mass is 434 g/mol. The van der Waals surface area contributed by atoms with Gasteiger partial charge in [0.05, 0.1) is 5.56 Å². The fourth-order valence-corrected chi connectivity index (χ4v) is 2.81. The highest BCUT2D eigenvalue weighted by Crippen LogP contribution is 2.29. The molecule has 0 saturated heterocycles. The zero-order chi connectivity index (χ0) is 22.4. The minimum Gasteiger partial charge on any atom is -0.352 e. The van der Waals surface area contributed by atoms with Gasteiger partial charge in [0.2, 0.25) is 5.91 Å². The Hall–Kier alpha value is -3.56. The first-order chi connectivity index (χ1) is 14.7. The molecule has 1 amide bonds. The van der Waals surface area contributed by atoms with Gasteiger partial charge < -0.3 is 10.3 Å². The molecule has 3 rings (SSSR count). The van der Waals surface area contributed by atoms with Gasteiger partial charge in [0, 0.05) is 25.8 Å². The largest absolute Gasteiger partial charge is 0.416 e. The van der Waals surface area contributed by atoms with Gasteiger partial charge >= 0.3 is 6.18 Å². The molecule has 0 unspecified atom stereocenters. The van der Waals surface area contributed by atoms with Crippen LogP contribution in [-0.4, -0.2) is 21.1 Å². The van der Waals surface area contributed by atoms with Gasteiger partial charge in [-0.1, -0.05) is 30.3 Å². The Labute approximate surface area is 174 Å². The van der Waals surface area contributed by atoms with Gasteiger partial charge in [0.1, 0.15) is 17.3 Å². The van der Waals surface area contributed by atoms with Crippen LogP contribution in [0.2, 0.25) is 0 Å². The van der Waals surface area contributed by atoms with Gasteiger partial charge in [-0.3, -0.25) is 9.59 Å². The molecule has 6 nitrogen and oxygen atoms in total. The van der Waals surface area contributed by atoms with E-state index in [9.17, 15) is 27.2 Å². The number of aromatic nitrogens is 3. The van der Waals surface area contributed by atoms with Crippen LogP contribution in [0.4, 0.5) is 17.6 Å². The SMILES string of the molecule is O=C(CCc1nnc(Cc2cccc(C(F)(F)F)c2)[nH]c1=O)NCc1ccc(F)cc1. The lowest BCUT2D eigenvalue weighted by Gasteiger charge is -2.08. The minimum atomic E-state index is -4.46. The average molecular weight is 434 g/mol. The third kappa shape index (κ3) is 6.46. The van der Waals surface area contributed by atoms with Crippen LogP contribution >= 0.6 is 0 Å². The molecule has 0 fully saturated rings. The molecular weight excluding hydrogens is 416 g/mol. The van der Waals surface area contributed by atoms with E-state index in [1.54, 1.807) is 12.1 Å². The Morgan fingerprint density at radius 1 is 1.03 bits per heavy atom. The Kier molecular flexibility index (Phi) is 6.78. The molecule has 1 heterocycles. The van der Waals surface area contributed by atoms with Crippen molar-refractivity contribution in [2.75, 3.05) is 0 Å². The number of nitrogens with zero attached hydrogens (tertiary/aromatic N) is 2. The summed E-state index contributed by atoms with van der Waals surface area (Å²) in [7, 11) is 0. The summed E-state index contributed by atoms with van der Waals surface area (Å²) in [5, 5.41) is 10.3. The van der Waals surface area contributed by atoms with Crippen LogP contribution < -0.4 is 10.9 Å². The summed E-state index contributed by atoms with van der Waals surface area (Å²) in [5.41, 5.74) is -0.240. The van der Waals surface area contributed by atoms with Crippen LogP contribution in [0.3, 0.4) is 0 Å². The summed E-state index contributed by atoms with van der Waals surface area (Å²) in [6.07, 6.45) is -4.45. The average Bonchev–Trinajstić information content (AvgIpc) is 2.72. The van der Waals surface area contributed by atoms with Crippen LogP contribution in [0.25, 0.3) is 0 Å². The van der Waals surface area contributed by atoms with Gasteiger partial charge in [0.15, 0.2) is 0 Å². The summed E-state index contributed by atoms with van der Waals surface area (Å²) in [6, 6.07) is 10.4. The normalized spacial score (nSPS) is 11.4. The number of benzene rings is 2. The molecule has 0 radical (unpaired) electrons. The van der Waals surface area contributed by atoms with Crippen molar-refractivity contribution >= 4 is 5.91 Å². The Morgan fingerprint density at radius 2 is 1.77 bits per heavy atom. The smallest absolute Gasteiger partial charge is 0.352 e. The summed E-state index contributed by atoms with van der Waals surface area (Å²) in [6.45, 7) is 0.219. The standard InChI is InChI=1S/C21H18F4N4O2/c22-16-6-4-13(5-7-16)12-26-19(30)9-8-17-20(31)27-18(29-28-17)11-14-2-1-3-15(10-14)21(23,24)25/h1-7,10H,8-9,11-12H2,(H,26,30)(H,27,29,31). The van der Waals surface area contributed by atoms with E-state index in [4.69, 9.17) is 0 Å². The van der Waals surface area contributed by atoms with E-state index in [2.05, 4.69) is 20.5 Å². The van der Waals surface area contributed by atoms with E-state index in [0.29, 0.717) is 5.56 Å². The molecule has 0 bridgehead atoms. The molecule has 2 N–H and O–H groups in total. The van der Waals surface area contributed by atoms with Crippen LogP contribution in [-0.2, 0) is 30.4 Å². The Morgan fingerprint density at radius 3 is 2.45 bits per heavy atom. The molecule has 0 atom stereocenters.